The lowest BCUT2D eigenvalue weighted by molar-refractivity contribution is -0.142. The number of methoxy groups -OCH3 is 1. The Labute approximate surface area is 106 Å². The Hall–Kier alpha value is -1.63. The highest BCUT2D eigenvalue weighted by Gasteiger charge is 2.26. The van der Waals surface area contributed by atoms with Gasteiger partial charge in [0, 0.05) is 7.11 Å². The van der Waals surface area contributed by atoms with Crippen LogP contribution in [-0.4, -0.2) is 48.7 Å². The van der Waals surface area contributed by atoms with E-state index in [1.54, 1.807) is 13.8 Å². The van der Waals surface area contributed by atoms with Crippen LogP contribution in [0.1, 0.15) is 20.8 Å². The van der Waals surface area contributed by atoms with Crippen LogP contribution in [0.25, 0.3) is 0 Å². The number of nitrogens with one attached hydrogen (secondary N) is 2. The van der Waals surface area contributed by atoms with Crippen molar-refractivity contribution in [2.75, 3.05) is 13.7 Å². The molecule has 2 amide bonds. The van der Waals surface area contributed by atoms with Crippen molar-refractivity contribution >= 4 is 17.8 Å². The van der Waals surface area contributed by atoms with Gasteiger partial charge in [0.05, 0.1) is 0 Å². The fourth-order valence-corrected chi connectivity index (χ4v) is 1.25. The minimum Gasteiger partial charge on any atom is -0.480 e. The minimum absolute atomic E-state index is 0.148. The van der Waals surface area contributed by atoms with Crippen LogP contribution >= 0.6 is 0 Å². The average Bonchev–Trinajstić information content (AvgIpc) is 2.25. The van der Waals surface area contributed by atoms with Crippen LogP contribution in [0.2, 0.25) is 0 Å². The maximum absolute atomic E-state index is 11.8. The zero-order chi connectivity index (χ0) is 14.3. The van der Waals surface area contributed by atoms with Gasteiger partial charge in [0.2, 0.25) is 11.8 Å². The Bertz CT molecular complexity index is 317. The number of carbonyl (C=O) groups excluding carboxylic acids is 2. The molecule has 0 saturated heterocycles. The van der Waals surface area contributed by atoms with Crippen LogP contribution in [0, 0.1) is 5.92 Å². The first kappa shape index (κ1) is 16.4. The van der Waals surface area contributed by atoms with E-state index in [0.29, 0.717) is 0 Å². The van der Waals surface area contributed by atoms with Crippen LogP contribution in [0.15, 0.2) is 0 Å². The van der Waals surface area contributed by atoms with E-state index >= 15 is 0 Å². The minimum atomic E-state index is -1.13. The van der Waals surface area contributed by atoms with E-state index < -0.39 is 29.9 Å². The normalized spacial score (nSPS) is 13.8. The second-order valence-electron chi connectivity index (χ2n) is 4.29. The molecule has 0 saturated carbocycles. The van der Waals surface area contributed by atoms with Gasteiger partial charge in [-0.1, -0.05) is 13.8 Å². The van der Waals surface area contributed by atoms with Crippen LogP contribution < -0.4 is 10.6 Å². The summed E-state index contributed by atoms with van der Waals surface area (Å²) in [6, 6.07) is -1.78. The highest BCUT2D eigenvalue weighted by Crippen LogP contribution is 2.02. The van der Waals surface area contributed by atoms with Gasteiger partial charge in [-0.3, -0.25) is 14.4 Å². The van der Waals surface area contributed by atoms with Gasteiger partial charge in [-0.2, -0.15) is 0 Å². The van der Waals surface area contributed by atoms with Crippen molar-refractivity contribution in [2.45, 2.75) is 32.9 Å². The van der Waals surface area contributed by atoms with Gasteiger partial charge in [0.1, 0.15) is 18.7 Å². The highest BCUT2D eigenvalue weighted by molar-refractivity contribution is 5.90. The second kappa shape index (κ2) is 7.65. The molecule has 0 aromatic rings. The van der Waals surface area contributed by atoms with E-state index in [0.717, 1.165) is 0 Å². The Kier molecular flexibility index (Phi) is 6.96. The Balaban J connectivity index is 4.55. The molecule has 0 rings (SSSR count). The monoisotopic (exact) mass is 260 g/mol. The first-order valence-corrected chi connectivity index (χ1v) is 5.61. The van der Waals surface area contributed by atoms with Crippen molar-refractivity contribution in [3.8, 4) is 0 Å². The number of hydrogen-bond donors (Lipinski definition) is 3. The van der Waals surface area contributed by atoms with Crippen molar-refractivity contribution in [3.05, 3.63) is 0 Å². The summed E-state index contributed by atoms with van der Waals surface area (Å²) in [4.78, 5) is 33.8. The average molecular weight is 260 g/mol. The van der Waals surface area contributed by atoms with E-state index in [1.807, 2.05) is 0 Å². The maximum Gasteiger partial charge on any atom is 0.325 e. The third-order valence-electron chi connectivity index (χ3n) is 2.27. The van der Waals surface area contributed by atoms with Crippen LogP contribution in [0.3, 0.4) is 0 Å². The molecule has 0 aromatic carbocycles. The van der Waals surface area contributed by atoms with E-state index in [2.05, 4.69) is 15.4 Å². The van der Waals surface area contributed by atoms with E-state index in [1.165, 1.54) is 14.0 Å². The van der Waals surface area contributed by atoms with Gasteiger partial charge in [0.25, 0.3) is 0 Å². The summed E-state index contributed by atoms with van der Waals surface area (Å²) in [5.41, 5.74) is 0. The van der Waals surface area contributed by atoms with Crippen molar-refractivity contribution in [3.63, 3.8) is 0 Å². The quantitative estimate of drug-likeness (QED) is 0.565. The fourth-order valence-electron chi connectivity index (χ4n) is 1.25. The topological polar surface area (TPSA) is 105 Å². The lowest BCUT2D eigenvalue weighted by Gasteiger charge is -2.22. The molecule has 0 fully saturated rings. The summed E-state index contributed by atoms with van der Waals surface area (Å²) in [5.74, 6) is -2.24. The number of ether oxygens (including phenoxy) is 1. The molecule has 0 aliphatic carbocycles. The number of carboxylic acids is 1. The molecule has 0 bridgehead atoms. The lowest BCUT2D eigenvalue weighted by atomic mass is 10.0. The Morgan fingerprint density at radius 3 is 2.11 bits per heavy atom. The number of carbonyl (C=O) groups is 3. The summed E-state index contributed by atoms with van der Waals surface area (Å²) in [5, 5.41) is 13.5. The van der Waals surface area contributed by atoms with Crippen LogP contribution in [0.5, 0.6) is 0 Å². The molecule has 0 aliphatic rings. The smallest absolute Gasteiger partial charge is 0.325 e. The van der Waals surface area contributed by atoms with Gasteiger partial charge in [-0.25, -0.2) is 0 Å². The SMILES string of the molecule is COCC(=O)N[C@H](C(=O)N[C@H](C)C(=O)O)C(C)C. The molecular formula is C11H20N2O5. The van der Waals surface area contributed by atoms with E-state index in [-0.39, 0.29) is 12.5 Å². The molecule has 18 heavy (non-hydrogen) atoms. The van der Waals surface area contributed by atoms with Gasteiger partial charge < -0.3 is 20.5 Å². The van der Waals surface area contributed by atoms with Gasteiger partial charge >= 0.3 is 5.97 Å². The second-order valence-corrected chi connectivity index (χ2v) is 4.29. The number of rotatable bonds is 7. The Morgan fingerprint density at radius 1 is 1.17 bits per heavy atom. The molecule has 2 atom stereocenters. The number of amides is 2. The molecule has 0 aliphatic heterocycles. The van der Waals surface area contributed by atoms with E-state index in [9.17, 15) is 14.4 Å². The molecule has 0 heterocycles. The largest absolute Gasteiger partial charge is 0.480 e. The molecule has 0 radical (unpaired) electrons. The zero-order valence-corrected chi connectivity index (χ0v) is 11.0. The van der Waals surface area contributed by atoms with E-state index in [4.69, 9.17) is 5.11 Å². The summed E-state index contributed by atoms with van der Waals surface area (Å²) < 4.78 is 4.65. The highest BCUT2D eigenvalue weighted by atomic mass is 16.5. The molecule has 0 unspecified atom stereocenters. The zero-order valence-electron chi connectivity index (χ0n) is 11.0. The third kappa shape index (κ3) is 5.62. The molecule has 104 valence electrons. The molecular weight excluding hydrogens is 240 g/mol. The first-order chi connectivity index (χ1) is 8.29. The summed E-state index contributed by atoms with van der Waals surface area (Å²) in [7, 11) is 1.37. The first-order valence-electron chi connectivity index (χ1n) is 5.61. The summed E-state index contributed by atoms with van der Waals surface area (Å²) in [6.45, 7) is 4.71. The number of aliphatic carboxylic acids is 1. The van der Waals surface area contributed by atoms with Gasteiger partial charge in [-0.05, 0) is 12.8 Å². The van der Waals surface area contributed by atoms with Gasteiger partial charge in [0.15, 0.2) is 0 Å². The molecule has 7 heteroatoms. The van der Waals surface area contributed by atoms with Crippen molar-refractivity contribution in [2.24, 2.45) is 5.92 Å². The Morgan fingerprint density at radius 2 is 1.72 bits per heavy atom. The van der Waals surface area contributed by atoms with Crippen molar-refractivity contribution in [1.29, 1.82) is 0 Å². The lowest BCUT2D eigenvalue weighted by Crippen LogP contribution is -2.53. The fraction of sp³-hybridized carbons (Fsp3) is 0.727. The van der Waals surface area contributed by atoms with Crippen molar-refractivity contribution in [1.82, 2.24) is 10.6 Å². The predicted octanol–water partition coefficient (Wildman–Crippen LogP) is -0.637. The van der Waals surface area contributed by atoms with Crippen LogP contribution in [0.4, 0.5) is 0 Å². The number of carboxylic acid groups (broad SMARTS) is 1. The molecule has 3 N–H and O–H groups in total. The summed E-state index contributed by atoms with van der Waals surface area (Å²) in [6.07, 6.45) is 0. The molecule has 7 nitrogen and oxygen atoms in total. The van der Waals surface area contributed by atoms with Crippen molar-refractivity contribution < 1.29 is 24.2 Å². The molecule has 0 aromatic heterocycles. The standard InChI is InChI=1S/C11H20N2O5/c1-6(2)9(13-8(14)5-18-4)10(15)12-7(3)11(16)17/h6-7,9H,5H2,1-4H3,(H,12,15)(H,13,14)(H,16,17)/t7-,9+/m1/s1. The third-order valence-corrected chi connectivity index (χ3v) is 2.27. The maximum atomic E-state index is 11.8. The summed E-state index contributed by atoms with van der Waals surface area (Å²) >= 11 is 0. The number of hydrogen-bond acceptors (Lipinski definition) is 4. The predicted molar refractivity (Wildman–Crippen MR) is 63.9 cm³/mol. The van der Waals surface area contributed by atoms with Crippen LogP contribution in [-0.2, 0) is 19.1 Å². The van der Waals surface area contributed by atoms with Gasteiger partial charge in [-0.15, -0.1) is 0 Å². The molecule has 0 spiro atoms.